The second-order valence-electron chi connectivity index (χ2n) is 4.17. The maximum atomic E-state index is 4.96. The summed E-state index contributed by atoms with van der Waals surface area (Å²) in [6, 6.07) is 0. The second-order valence-corrected chi connectivity index (χ2v) is 4.17. The summed E-state index contributed by atoms with van der Waals surface area (Å²) in [5, 5.41) is 0. The zero-order chi connectivity index (χ0) is 12.0. The molecule has 0 amide bonds. The Morgan fingerprint density at radius 3 is 1.50 bits per heavy atom. The van der Waals surface area contributed by atoms with E-state index in [2.05, 4.69) is 34.6 Å². The molecular weight excluding hydrogens is 279 g/mol. The fraction of sp³-hybridized carbons (Fsp3) is 0.667. The summed E-state index contributed by atoms with van der Waals surface area (Å²) in [4.78, 5) is 0. The summed E-state index contributed by atoms with van der Waals surface area (Å²) in [5.74, 6) is 0.694. The molecule has 1 aliphatic carbocycles. The molecule has 0 saturated carbocycles. The molecule has 0 heterocycles. The molecule has 5 radical (unpaired) electrons. The van der Waals surface area contributed by atoms with Crippen LogP contribution in [0.2, 0.25) is 6.32 Å². The van der Waals surface area contributed by atoms with E-state index < -0.39 is 0 Å². The Labute approximate surface area is 117 Å². The van der Waals surface area contributed by atoms with Gasteiger partial charge < -0.3 is 0 Å². The standard InChI is InChI=1S/C10H16.C2H5B3.Rh/c1-6-7(2)9(4)10(5)8(6)3;1-2-4-5-3;/h6H,1-5H3;2H2,1H3;. The van der Waals surface area contributed by atoms with Gasteiger partial charge in [0.05, 0.1) is 7.17 Å². The minimum atomic E-state index is 0. The molecule has 0 unspecified atom stereocenters. The fourth-order valence-corrected chi connectivity index (χ4v) is 1.70. The van der Waals surface area contributed by atoms with Crippen LogP contribution in [0.5, 0.6) is 0 Å². The van der Waals surface area contributed by atoms with Gasteiger partial charge in [0.2, 0.25) is 0 Å². The van der Waals surface area contributed by atoms with Crippen molar-refractivity contribution < 1.29 is 19.5 Å². The van der Waals surface area contributed by atoms with Crippen LogP contribution >= 0.6 is 0 Å². The largest absolute Gasteiger partial charge is 0.0923 e. The van der Waals surface area contributed by atoms with Crippen LogP contribution in [0.15, 0.2) is 22.3 Å². The first-order chi connectivity index (χ1) is 6.97. The second kappa shape index (κ2) is 9.34. The van der Waals surface area contributed by atoms with E-state index in [0.29, 0.717) is 5.92 Å². The number of hydrogen-bond acceptors (Lipinski definition) is 0. The zero-order valence-corrected chi connectivity index (χ0v) is 13.0. The molecule has 0 bridgehead atoms. The summed E-state index contributed by atoms with van der Waals surface area (Å²) >= 11 is 0. The molecule has 0 atom stereocenters. The monoisotopic (exact) mass is 301 g/mol. The van der Waals surface area contributed by atoms with Gasteiger partial charge in [-0.1, -0.05) is 31.3 Å². The molecule has 0 aliphatic heterocycles. The summed E-state index contributed by atoms with van der Waals surface area (Å²) in [6.07, 6.45) is 1.04. The third kappa shape index (κ3) is 5.09. The Bertz CT molecular complexity index is 243. The van der Waals surface area contributed by atoms with Crippen LogP contribution in [-0.2, 0) is 19.5 Å². The molecule has 0 spiro atoms. The normalized spacial score (nSPS) is 15.4. The van der Waals surface area contributed by atoms with E-state index in [0.717, 1.165) is 6.32 Å². The van der Waals surface area contributed by atoms with Crippen LogP contribution in [-0.4, -0.2) is 22.0 Å². The quantitative estimate of drug-likeness (QED) is 0.687. The SMILES string of the molecule is CC1=C(C)C(C)C(C)=C1C.[B][B][B]CC.[Rh]. The van der Waals surface area contributed by atoms with Crippen molar-refractivity contribution in [1.82, 2.24) is 0 Å². The zero-order valence-electron chi connectivity index (χ0n) is 11.3. The van der Waals surface area contributed by atoms with Gasteiger partial charge >= 0.3 is 0 Å². The Balaban J connectivity index is 0. The van der Waals surface area contributed by atoms with Gasteiger partial charge in [0.25, 0.3) is 0 Å². The summed E-state index contributed by atoms with van der Waals surface area (Å²) in [5.41, 5.74) is 6.11. The molecule has 87 valence electrons. The Hall–Kier alpha value is 0.298. The summed E-state index contributed by atoms with van der Waals surface area (Å²) in [7, 11) is 8.42. The van der Waals surface area contributed by atoms with Crippen molar-refractivity contribution in [3.05, 3.63) is 22.3 Å². The van der Waals surface area contributed by atoms with E-state index in [9.17, 15) is 0 Å². The minimum absolute atomic E-state index is 0. The van der Waals surface area contributed by atoms with E-state index in [-0.39, 0.29) is 19.5 Å². The molecule has 1 aliphatic rings. The molecule has 0 fully saturated rings. The van der Waals surface area contributed by atoms with Crippen LogP contribution in [0, 0.1) is 5.92 Å². The third-order valence-corrected chi connectivity index (χ3v) is 3.42. The fourth-order valence-electron chi connectivity index (χ4n) is 1.70. The van der Waals surface area contributed by atoms with Crippen molar-refractivity contribution in [1.29, 1.82) is 0 Å². The Morgan fingerprint density at radius 2 is 1.44 bits per heavy atom. The smallest absolute Gasteiger partial charge is 0.0541 e. The number of hydrogen-bond donors (Lipinski definition) is 0. The van der Waals surface area contributed by atoms with E-state index in [1.165, 1.54) is 11.1 Å². The molecule has 4 heteroatoms. The van der Waals surface area contributed by atoms with Crippen LogP contribution in [0.1, 0.15) is 41.5 Å². The molecule has 0 saturated heterocycles. The van der Waals surface area contributed by atoms with Crippen molar-refractivity contribution >= 4 is 22.0 Å². The van der Waals surface area contributed by atoms with Gasteiger partial charge in [-0.2, -0.15) is 0 Å². The first-order valence-corrected chi connectivity index (χ1v) is 5.69. The van der Waals surface area contributed by atoms with Crippen LogP contribution in [0.3, 0.4) is 0 Å². The molecular formula is C12H21B3Rh. The Kier molecular flexibility index (Phi) is 10.9. The van der Waals surface area contributed by atoms with Crippen molar-refractivity contribution in [2.75, 3.05) is 0 Å². The maximum absolute atomic E-state index is 4.96. The summed E-state index contributed by atoms with van der Waals surface area (Å²) in [6.45, 7) is 13.2. The summed E-state index contributed by atoms with van der Waals surface area (Å²) < 4.78 is 0. The molecule has 0 nitrogen and oxygen atoms in total. The molecule has 0 N–H and O–H groups in total. The van der Waals surface area contributed by atoms with Crippen LogP contribution in [0.25, 0.3) is 0 Å². The van der Waals surface area contributed by atoms with Gasteiger partial charge in [-0.3, -0.25) is 0 Å². The topological polar surface area (TPSA) is 0 Å². The number of allylic oxidation sites excluding steroid dienone is 4. The van der Waals surface area contributed by atoms with E-state index >= 15 is 0 Å². The van der Waals surface area contributed by atoms with Crippen molar-refractivity contribution in [2.24, 2.45) is 5.92 Å². The van der Waals surface area contributed by atoms with Gasteiger partial charge in [-0.15, -0.1) is 0 Å². The average Bonchev–Trinajstić information content (AvgIpc) is 2.39. The predicted molar refractivity (Wildman–Crippen MR) is 73.7 cm³/mol. The first-order valence-electron chi connectivity index (χ1n) is 5.69. The van der Waals surface area contributed by atoms with Gasteiger partial charge in [0, 0.05) is 34.3 Å². The van der Waals surface area contributed by atoms with E-state index in [1.807, 2.05) is 14.1 Å². The minimum Gasteiger partial charge on any atom is -0.0923 e. The van der Waals surface area contributed by atoms with Crippen molar-refractivity contribution in [3.8, 4) is 0 Å². The maximum Gasteiger partial charge on any atom is 0.0541 e. The molecule has 0 aromatic carbocycles. The Morgan fingerprint density at radius 1 is 1.06 bits per heavy atom. The van der Waals surface area contributed by atoms with Crippen LogP contribution in [0.4, 0.5) is 0 Å². The van der Waals surface area contributed by atoms with Gasteiger partial charge in [0.1, 0.15) is 0 Å². The third-order valence-electron chi connectivity index (χ3n) is 3.42. The average molecular weight is 301 g/mol. The molecule has 0 aromatic rings. The molecule has 0 aromatic heterocycles. The van der Waals surface area contributed by atoms with Gasteiger partial charge in [-0.25, -0.2) is 0 Å². The van der Waals surface area contributed by atoms with Crippen molar-refractivity contribution in [2.45, 2.75) is 47.9 Å². The van der Waals surface area contributed by atoms with Crippen LogP contribution < -0.4 is 0 Å². The van der Waals surface area contributed by atoms with Crippen molar-refractivity contribution in [3.63, 3.8) is 0 Å². The molecule has 1 rings (SSSR count). The van der Waals surface area contributed by atoms with Gasteiger partial charge in [0.15, 0.2) is 0 Å². The first kappa shape index (κ1) is 18.7. The molecule has 16 heavy (non-hydrogen) atoms. The van der Waals surface area contributed by atoms with Gasteiger partial charge in [-0.05, 0) is 44.8 Å². The predicted octanol–water partition coefficient (Wildman–Crippen LogP) is 3.14. The van der Waals surface area contributed by atoms with E-state index in [1.54, 1.807) is 18.2 Å². The number of rotatable bonds is 2. The van der Waals surface area contributed by atoms with E-state index in [4.69, 9.17) is 7.74 Å².